The van der Waals surface area contributed by atoms with Gasteiger partial charge >= 0.3 is 0 Å². The molecule has 0 spiro atoms. The van der Waals surface area contributed by atoms with Gasteiger partial charge in [0.2, 0.25) is 0 Å². The Morgan fingerprint density at radius 2 is 2.11 bits per heavy atom. The lowest BCUT2D eigenvalue weighted by Crippen LogP contribution is -2.42. The molecule has 0 radical (unpaired) electrons. The summed E-state index contributed by atoms with van der Waals surface area (Å²) in [5.41, 5.74) is 1.84. The molecule has 0 aromatic heterocycles. The van der Waals surface area contributed by atoms with Gasteiger partial charge in [0.1, 0.15) is 0 Å². The molecule has 0 bridgehead atoms. The highest BCUT2D eigenvalue weighted by Gasteiger charge is 2.17. The summed E-state index contributed by atoms with van der Waals surface area (Å²) < 4.78 is 6.25. The van der Waals surface area contributed by atoms with E-state index in [0.29, 0.717) is 5.75 Å². The van der Waals surface area contributed by atoms with Crippen LogP contribution in [-0.4, -0.2) is 43.3 Å². The van der Waals surface area contributed by atoms with Crippen LogP contribution in [0.1, 0.15) is 11.1 Å². The molecule has 0 amide bonds. The largest absolute Gasteiger partial charge is 0.504 e. The Labute approximate surface area is 116 Å². The van der Waals surface area contributed by atoms with E-state index in [-0.39, 0.29) is 5.75 Å². The van der Waals surface area contributed by atoms with E-state index < -0.39 is 0 Å². The quantitative estimate of drug-likeness (QED) is 0.894. The highest BCUT2D eigenvalue weighted by molar-refractivity contribution is 9.10. The van der Waals surface area contributed by atoms with Crippen molar-refractivity contribution in [1.29, 1.82) is 0 Å². The Balaban J connectivity index is 2.24. The van der Waals surface area contributed by atoms with Crippen molar-refractivity contribution in [1.82, 2.24) is 10.2 Å². The lowest BCUT2D eigenvalue weighted by atomic mass is 10.1. The fourth-order valence-corrected chi connectivity index (χ4v) is 2.70. The molecule has 4 nitrogen and oxygen atoms in total. The minimum atomic E-state index is 0.261. The van der Waals surface area contributed by atoms with E-state index in [4.69, 9.17) is 4.74 Å². The molecule has 1 fully saturated rings. The Morgan fingerprint density at radius 1 is 1.44 bits per heavy atom. The third kappa shape index (κ3) is 2.79. The number of halogens is 1. The van der Waals surface area contributed by atoms with Crippen LogP contribution in [0.15, 0.2) is 10.5 Å². The first-order valence-electron chi connectivity index (χ1n) is 6.11. The third-order valence-corrected chi connectivity index (χ3v) is 4.15. The van der Waals surface area contributed by atoms with Gasteiger partial charge in [-0.2, -0.15) is 0 Å². The first-order valence-corrected chi connectivity index (χ1v) is 6.90. The van der Waals surface area contributed by atoms with Crippen molar-refractivity contribution >= 4 is 15.9 Å². The van der Waals surface area contributed by atoms with E-state index >= 15 is 0 Å². The van der Waals surface area contributed by atoms with Gasteiger partial charge in [-0.3, -0.25) is 4.90 Å². The second kappa shape index (κ2) is 5.91. The molecule has 0 aliphatic carbocycles. The number of nitrogens with one attached hydrogen (secondary N) is 1. The van der Waals surface area contributed by atoms with Crippen LogP contribution in [0.25, 0.3) is 0 Å². The van der Waals surface area contributed by atoms with E-state index in [1.165, 1.54) is 0 Å². The molecule has 1 aromatic carbocycles. The number of benzene rings is 1. The number of ether oxygens (including phenoxy) is 1. The van der Waals surface area contributed by atoms with Gasteiger partial charge in [-0.25, -0.2) is 0 Å². The van der Waals surface area contributed by atoms with Gasteiger partial charge < -0.3 is 15.2 Å². The maximum atomic E-state index is 10.2. The monoisotopic (exact) mass is 314 g/mol. The van der Waals surface area contributed by atoms with E-state index in [9.17, 15) is 5.11 Å². The van der Waals surface area contributed by atoms with Crippen LogP contribution in [0.3, 0.4) is 0 Å². The lowest BCUT2D eigenvalue weighted by Gasteiger charge is -2.28. The Morgan fingerprint density at radius 3 is 2.72 bits per heavy atom. The minimum Gasteiger partial charge on any atom is -0.504 e. The van der Waals surface area contributed by atoms with Crippen LogP contribution in [0.5, 0.6) is 11.5 Å². The van der Waals surface area contributed by atoms with Gasteiger partial charge in [0.15, 0.2) is 11.5 Å². The molecule has 2 N–H and O–H groups in total. The zero-order valence-corrected chi connectivity index (χ0v) is 12.4. The summed E-state index contributed by atoms with van der Waals surface area (Å²) in [5, 5.41) is 13.6. The molecule has 1 aliphatic rings. The minimum absolute atomic E-state index is 0.261. The van der Waals surface area contributed by atoms with Gasteiger partial charge in [0, 0.05) is 48.3 Å². The standard InChI is InChI=1S/C13H19BrN2O2/c1-9-11(14)7-10(12(17)13(9)18-2)8-16-5-3-15-4-6-16/h7,15,17H,3-6,8H2,1-2H3. The maximum absolute atomic E-state index is 10.2. The first-order chi connectivity index (χ1) is 8.63. The molecular weight excluding hydrogens is 296 g/mol. The molecule has 18 heavy (non-hydrogen) atoms. The number of piperazine rings is 1. The van der Waals surface area contributed by atoms with Crippen molar-refractivity contribution in [3.8, 4) is 11.5 Å². The second-order valence-corrected chi connectivity index (χ2v) is 5.40. The SMILES string of the molecule is COc1c(C)c(Br)cc(CN2CCNCC2)c1O. The number of methoxy groups -OCH3 is 1. The van der Waals surface area contributed by atoms with Crippen LogP contribution in [0.4, 0.5) is 0 Å². The highest BCUT2D eigenvalue weighted by atomic mass is 79.9. The van der Waals surface area contributed by atoms with Crippen molar-refractivity contribution in [2.45, 2.75) is 13.5 Å². The molecule has 0 unspecified atom stereocenters. The summed E-state index contributed by atoms with van der Waals surface area (Å²) in [6.45, 7) is 6.70. The Bertz CT molecular complexity index is 431. The van der Waals surface area contributed by atoms with Gasteiger partial charge in [0.05, 0.1) is 7.11 Å². The van der Waals surface area contributed by atoms with Crippen LogP contribution in [-0.2, 0) is 6.54 Å². The zero-order chi connectivity index (χ0) is 13.1. The molecule has 1 aromatic rings. The summed E-state index contributed by atoms with van der Waals surface area (Å²) in [6.07, 6.45) is 0. The van der Waals surface area contributed by atoms with Crippen LogP contribution >= 0.6 is 15.9 Å². The van der Waals surface area contributed by atoms with Crippen molar-refractivity contribution in [2.24, 2.45) is 0 Å². The van der Waals surface area contributed by atoms with Crippen LogP contribution in [0.2, 0.25) is 0 Å². The van der Waals surface area contributed by atoms with Crippen molar-refractivity contribution in [2.75, 3.05) is 33.3 Å². The van der Waals surface area contributed by atoms with Gasteiger partial charge in [0.25, 0.3) is 0 Å². The number of aromatic hydroxyl groups is 1. The molecule has 1 aliphatic heterocycles. The maximum Gasteiger partial charge on any atom is 0.164 e. The van der Waals surface area contributed by atoms with Crippen molar-refractivity contribution in [3.05, 3.63) is 21.7 Å². The third-order valence-electron chi connectivity index (χ3n) is 3.33. The first kappa shape index (κ1) is 13.6. The van der Waals surface area contributed by atoms with Crippen molar-refractivity contribution in [3.63, 3.8) is 0 Å². The van der Waals surface area contributed by atoms with Gasteiger partial charge in [-0.05, 0) is 13.0 Å². The number of rotatable bonds is 3. The fourth-order valence-electron chi connectivity index (χ4n) is 2.24. The normalized spacial score (nSPS) is 16.8. The highest BCUT2D eigenvalue weighted by Crippen LogP contribution is 2.38. The molecule has 100 valence electrons. The van der Waals surface area contributed by atoms with E-state index in [2.05, 4.69) is 26.1 Å². The average Bonchev–Trinajstić information content (AvgIpc) is 2.38. The van der Waals surface area contributed by atoms with Crippen LogP contribution in [0, 0.1) is 6.92 Å². The smallest absolute Gasteiger partial charge is 0.164 e. The molecule has 0 atom stereocenters. The molecule has 1 heterocycles. The van der Waals surface area contributed by atoms with Crippen molar-refractivity contribution < 1.29 is 9.84 Å². The second-order valence-electron chi connectivity index (χ2n) is 4.55. The summed E-state index contributed by atoms with van der Waals surface area (Å²) in [6, 6.07) is 1.98. The van der Waals surface area contributed by atoms with E-state index in [1.807, 2.05) is 13.0 Å². The van der Waals surface area contributed by atoms with Gasteiger partial charge in [-0.1, -0.05) is 15.9 Å². The molecule has 5 heteroatoms. The number of nitrogens with zero attached hydrogens (tertiary/aromatic N) is 1. The Hall–Kier alpha value is -0.780. The molecule has 0 saturated carbocycles. The topological polar surface area (TPSA) is 44.7 Å². The number of phenols is 1. The molecular formula is C13H19BrN2O2. The molecule has 2 rings (SSSR count). The number of phenolic OH excluding ortho intramolecular Hbond substituents is 1. The van der Waals surface area contributed by atoms with Crippen LogP contribution < -0.4 is 10.1 Å². The lowest BCUT2D eigenvalue weighted by molar-refractivity contribution is 0.229. The summed E-state index contributed by atoms with van der Waals surface area (Å²) in [4.78, 5) is 2.33. The predicted octanol–water partition coefficient (Wildman–Crippen LogP) is 1.88. The summed E-state index contributed by atoms with van der Waals surface area (Å²) in [5.74, 6) is 0.825. The number of hydrogen-bond donors (Lipinski definition) is 2. The Kier molecular flexibility index (Phi) is 4.48. The van der Waals surface area contributed by atoms with Gasteiger partial charge in [-0.15, -0.1) is 0 Å². The summed E-state index contributed by atoms with van der Waals surface area (Å²) >= 11 is 3.51. The fraction of sp³-hybridized carbons (Fsp3) is 0.538. The molecule has 1 saturated heterocycles. The van der Waals surface area contributed by atoms with E-state index in [1.54, 1.807) is 7.11 Å². The number of hydrogen-bond acceptors (Lipinski definition) is 4. The average molecular weight is 315 g/mol. The predicted molar refractivity (Wildman–Crippen MR) is 75.2 cm³/mol. The summed E-state index contributed by atoms with van der Waals surface area (Å²) in [7, 11) is 1.59. The van der Waals surface area contributed by atoms with E-state index in [0.717, 1.165) is 48.3 Å². The zero-order valence-electron chi connectivity index (χ0n) is 10.8.